The fraction of sp³-hybridized carbons (Fsp3) is 0.158. The van der Waals surface area contributed by atoms with E-state index in [9.17, 15) is 0 Å². The van der Waals surface area contributed by atoms with Crippen LogP contribution in [-0.2, 0) is 0 Å². The minimum Gasteiger partial charge on any atom is -0.292 e. The van der Waals surface area contributed by atoms with Crippen molar-refractivity contribution in [2.75, 3.05) is 13.1 Å². The standard InChI is InChI=1S/C19H16N4/c20-12-16-6-1-3-8-18(16)14-22-10-5-11-23-15-19-9-4-2-7-17(19)13-21/h1-4,6-9,14-15H,5,10-11H2. The number of hydrogen-bond acceptors (Lipinski definition) is 4. The van der Waals surface area contributed by atoms with Crippen LogP contribution in [-0.4, -0.2) is 25.5 Å². The van der Waals surface area contributed by atoms with Crippen molar-refractivity contribution in [2.45, 2.75) is 6.42 Å². The third kappa shape index (κ3) is 4.91. The second-order valence-electron chi connectivity index (χ2n) is 4.82. The van der Waals surface area contributed by atoms with E-state index in [1.165, 1.54) is 0 Å². The fourth-order valence-electron chi connectivity index (χ4n) is 2.00. The van der Waals surface area contributed by atoms with Crippen molar-refractivity contribution in [2.24, 2.45) is 9.98 Å². The van der Waals surface area contributed by atoms with Gasteiger partial charge in [0.1, 0.15) is 0 Å². The molecule has 0 heterocycles. The molecule has 0 fully saturated rings. The van der Waals surface area contributed by atoms with E-state index in [-0.39, 0.29) is 0 Å². The predicted octanol–water partition coefficient (Wildman–Crippen LogP) is 3.36. The molecule has 0 atom stereocenters. The Balaban J connectivity index is 1.80. The van der Waals surface area contributed by atoms with Gasteiger partial charge in [0.25, 0.3) is 0 Å². The Morgan fingerprint density at radius 3 is 1.61 bits per heavy atom. The number of nitriles is 2. The van der Waals surface area contributed by atoms with Crippen molar-refractivity contribution in [1.29, 1.82) is 10.5 Å². The molecule has 4 nitrogen and oxygen atoms in total. The number of nitrogens with zero attached hydrogens (tertiary/aromatic N) is 4. The lowest BCUT2D eigenvalue weighted by atomic mass is 10.1. The summed E-state index contributed by atoms with van der Waals surface area (Å²) in [4.78, 5) is 8.65. The Labute approximate surface area is 136 Å². The molecule has 112 valence electrons. The molecule has 23 heavy (non-hydrogen) atoms. The maximum absolute atomic E-state index is 8.99. The Morgan fingerprint density at radius 2 is 1.17 bits per heavy atom. The molecule has 0 aliphatic heterocycles. The lowest BCUT2D eigenvalue weighted by Gasteiger charge is -1.97. The van der Waals surface area contributed by atoms with E-state index in [1.807, 2.05) is 36.4 Å². The Kier molecular flexibility index (Phi) is 6.26. The van der Waals surface area contributed by atoms with E-state index < -0.39 is 0 Å². The highest BCUT2D eigenvalue weighted by Gasteiger charge is 1.97. The van der Waals surface area contributed by atoms with Crippen LogP contribution in [0, 0.1) is 22.7 Å². The van der Waals surface area contributed by atoms with Gasteiger partial charge in [-0.2, -0.15) is 10.5 Å². The topological polar surface area (TPSA) is 72.3 Å². The Bertz CT molecular complexity index is 724. The average Bonchev–Trinajstić information content (AvgIpc) is 2.61. The van der Waals surface area contributed by atoms with Gasteiger partial charge >= 0.3 is 0 Å². The minimum atomic E-state index is 0.627. The highest BCUT2D eigenvalue weighted by atomic mass is 14.7. The van der Waals surface area contributed by atoms with Gasteiger partial charge in [-0.15, -0.1) is 0 Å². The van der Waals surface area contributed by atoms with Gasteiger partial charge in [-0.05, 0) is 18.6 Å². The molecule has 0 radical (unpaired) electrons. The number of aliphatic imine (C=N–C) groups is 2. The van der Waals surface area contributed by atoms with Crippen LogP contribution >= 0.6 is 0 Å². The fourth-order valence-corrected chi connectivity index (χ4v) is 2.00. The van der Waals surface area contributed by atoms with E-state index >= 15 is 0 Å². The molecule has 2 rings (SSSR count). The quantitative estimate of drug-likeness (QED) is 0.606. The van der Waals surface area contributed by atoms with Crippen LogP contribution in [0.2, 0.25) is 0 Å². The van der Waals surface area contributed by atoms with E-state index in [2.05, 4.69) is 22.1 Å². The van der Waals surface area contributed by atoms with Crippen LogP contribution in [0.25, 0.3) is 0 Å². The highest BCUT2D eigenvalue weighted by Crippen LogP contribution is 2.05. The zero-order chi connectivity index (χ0) is 16.3. The maximum Gasteiger partial charge on any atom is 0.0998 e. The van der Waals surface area contributed by atoms with Gasteiger partial charge in [0.15, 0.2) is 0 Å². The molecule has 0 unspecified atom stereocenters. The summed E-state index contributed by atoms with van der Waals surface area (Å²) in [5.41, 5.74) is 2.92. The second kappa shape index (κ2) is 8.92. The average molecular weight is 300 g/mol. The molecule has 0 saturated heterocycles. The number of hydrogen-bond donors (Lipinski definition) is 0. The lowest BCUT2D eigenvalue weighted by molar-refractivity contribution is 0.851. The van der Waals surface area contributed by atoms with E-state index in [4.69, 9.17) is 10.5 Å². The smallest absolute Gasteiger partial charge is 0.0998 e. The van der Waals surface area contributed by atoms with Crippen LogP contribution < -0.4 is 0 Å². The molecule has 2 aromatic carbocycles. The van der Waals surface area contributed by atoms with Gasteiger partial charge in [-0.1, -0.05) is 36.4 Å². The SMILES string of the molecule is N#Cc1ccccc1C=NCCCN=Cc1ccccc1C#N. The van der Waals surface area contributed by atoms with Crippen molar-refractivity contribution < 1.29 is 0 Å². The summed E-state index contributed by atoms with van der Waals surface area (Å²) in [6.45, 7) is 1.30. The first kappa shape index (κ1) is 16.1. The molecule has 0 bridgehead atoms. The first-order valence-electron chi connectivity index (χ1n) is 7.33. The van der Waals surface area contributed by atoms with Crippen molar-refractivity contribution >= 4 is 12.4 Å². The summed E-state index contributed by atoms with van der Waals surface area (Å²) in [5, 5.41) is 18.0. The monoisotopic (exact) mass is 300 g/mol. The molecule has 0 aromatic heterocycles. The van der Waals surface area contributed by atoms with Crippen molar-refractivity contribution in [3.63, 3.8) is 0 Å². The van der Waals surface area contributed by atoms with E-state index in [1.54, 1.807) is 24.6 Å². The summed E-state index contributed by atoms with van der Waals surface area (Å²) in [6.07, 6.45) is 4.27. The molecular weight excluding hydrogens is 284 g/mol. The predicted molar refractivity (Wildman–Crippen MR) is 91.9 cm³/mol. The van der Waals surface area contributed by atoms with Gasteiger partial charge in [-0.3, -0.25) is 9.98 Å². The molecule has 0 aliphatic rings. The minimum absolute atomic E-state index is 0.627. The first-order valence-corrected chi connectivity index (χ1v) is 7.33. The molecule has 0 spiro atoms. The molecule has 0 amide bonds. The zero-order valence-corrected chi connectivity index (χ0v) is 12.7. The third-order valence-electron chi connectivity index (χ3n) is 3.20. The molecule has 0 saturated carbocycles. The van der Waals surface area contributed by atoms with Crippen LogP contribution in [0.1, 0.15) is 28.7 Å². The first-order chi connectivity index (χ1) is 11.3. The van der Waals surface area contributed by atoms with Gasteiger partial charge in [0.2, 0.25) is 0 Å². The van der Waals surface area contributed by atoms with E-state index in [0.717, 1.165) is 17.5 Å². The third-order valence-corrected chi connectivity index (χ3v) is 3.20. The normalized spacial score (nSPS) is 10.7. The molecule has 0 aliphatic carbocycles. The zero-order valence-electron chi connectivity index (χ0n) is 12.7. The van der Waals surface area contributed by atoms with Gasteiger partial charge in [0, 0.05) is 36.6 Å². The molecule has 2 aromatic rings. The molecule has 4 heteroatoms. The largest absolute Gasteiger partial charge is 0.292 e. The van der Waals surface area contributed by atoms with Crippen molar-refractivity contribution in [1.82, 2.24) is 0 Å². The van der Waals surface area contributed by atoms with Crippen LogP contribution in [0.15, 0.2) is 58.5 Å². The van der Waals surface area contributed by atoms with Crippen LogP contribution in [0.4, 0.5) is 0 Å². The lowest BCUT2D eigenvalue weighted by Crippen LogP contribution is -1.92. The van der Waals surface area contributed by atoms with Gasteiger partial charge < -0.3 is 0 Å². The van der Waals surface area contributed by atoms with Crippen molar-refractivity contribution in [3.05, 3.63) is 70.8 Å². The number of benzene rings is 2. The van der Waals surface area contributed by atoms with Gasteiger partial charge in [0.05, 0.1) is 23.3 Å². The molecule has 0 N–H and O–H groups in total. The summed E-state index contributed by atoms with van der Waals surface area (Å²) in [6, 6.07) is 19.0. The Hall–Kier alpha value is -3.24. The summed E-state index contributed by atoms with van der Waals surface area (Å²) in [5.74, 6) is 0. The van der Waals surface area contributed by atoms with E-state index in [0.29, 0.717) is 24.2 Å². The van der Waals surface area contributed by atoms with Crippen molar-refractivity contribution in [3.8, 4) is 12.1 Å². The number of rotatable bonds is 6. The second-order valence-corrected chi connectivity index (χ2v) is 4.82. The molecular formula is C19H16N4. The summed E-state index contributed by atoms with van der Waals surface area (Å²) in [7, 11) is 0. The summed E-state index contributed by atoms with van der Waals surface area (Å²) >= 11 is 0. The van der Waals surface area contributed by atoms with Gasteiger partial charge in [-0.25, -0.2) is 0 Å². The maximum atomic E-state index is 8.99. The van der Waals surface area contributed by atoms with Crippen LogP contribution in [0.5, 0.6) is 0 Å². The van der Waals surface area contributed by atoms with Crippen LogP contribution in [0.3, 0.4) is 0 Å². The summed E-state index contributed by atoms with van der Waals surface area (Å²) < 4.78 is 0. The Morgan fingerprint density at radius 1 is 0.739 bits per heavy atom. The highest BCUT2D eigenvalue weighted by molar-refractivity contribution is 5.83.